The molecule has 1 aliphatic carbocycles. The van der Waals surface area contributed by atoms with E-state index in [0.29, 0.717) is 0 Å². The molecule has 1 aliphatic rings. The second kappa shape index (κ2) is 5.97. The van der Waals surface area contributed by atoms with Gasteiger partial charge >= 0.3 is 6.03 Å². The predicted molar refractivity (Wildman–Crippen MR) is 58.7 cm³/mol. The Morgan fingerprint density at radius 1 is 1.53 bits per heavy atom. The van der Waals surface area contributed by atoms with E-state index in [2.05, 4.69) is 10.6 Å². The summed E-state index contributed by atoms with van der Waals surface area (Å²) >= 11 is 1.32. The average molecular weight is 232 g/mol. The van der Waals surface area contributed by atoms with Crippen molar-refractivity contribution in [2.45, 2.75) is 31.1 Å². The first kappa shape index (κ1) is 12.3. The molecule has 1 rings (SSSR count). The molecule has 0 radical (unpaired) electrons. The lowest BCUT2D eigenvalue weighted by Crippen LogP contribution is -2.41. The van der Waals surface area contributed by atoms with Crippen molar-refractivity contribution in [3.63, 3.8) is 0 Å². The second-order valence-electron chi connectivity index (χ2n) is 3.60. The van der Waals surface area contributed by atoms with Crippen molar-refractivity contribution in [1.82, 2.24) is 10.6 Å². The molecule has 0 aromatic heterocycles. The van der Waals surface area contributed by atoms with Gasteiger partial charge in [-0.1, -0.05) is 6.92 Å². The van der Waals surface area contributed by atoms with Crippen LogP contribution in [0, 0.1) is 0 Å². The largest absolute Gasteiger partial charge is 0.395 e. The van der Waals surface area contributed by atoms with E-state index in [0.717, 1.165) is 12.8 Å². The quantitative estimate of drug-likeness (QED) is 0.627. The van der Waals surface area contributed by atoms with E-state index in [1.807, 2.05) is 6.92 Å². The van der Waals surface area contributed by atoms with Gasteiger partial charge in [-0.15, -0.1) is 11.8 Å². The Kier molecular flexibility index (Phi) is 4.90. The summed E-state index contributed by atoms with van der Waals surface area (Å²) in [5, 5.41) is 13.6. The zero-order chi connectivity index (χ0) is 11.3. The number of aliphatic hydroxyl groups is 1. The Hall–Kier alpha value is -0.750. The Morgan fingerprint density at radius 2 is 2.20 bits per heavy atom. The molecular weight excluding hydrogens is 216 g/mol. The molecule has 0 aromatic rings. The van der Waals surface area contributed by atoms with Gasteiger partial charge in [0.15, 0.2) is 0 Å². The van der Waals surface area contributed by atoms with Gasteiger partial charge in [-0.25, -0.2) is 4.79 Å². The van der Waals surface area contributed by atoms with Crippen molar-refractivity contribution < 1.29 is 14.7 Å². The van der Waals surface area contributed by atoms with E-state index in [9.17, 15) is 9.59 Å². The van der Waals surface area contributed by atoms with Crippen molar-refractivity contribution in [3.05, 3.63) is 0 Å². The van der Waals surface area contributed by atoms with Gasteiger partial charge < -0.3 is 10.4 Å². The topological polar surface area (TPSA) is 78.4 Å². The van der Waals surface area contributed by atoms with E-state index in [4.69, 9.17) is 5.11 Å². The Balaban J connectivity index is 2.08. The van der Waals surface area contributed by atoms with Gasteiger partial charge in [0.05, 0.1) is 12.4 Å². The summed E-state index contributed by atoms with van der Waals surface area (Å²) in [5.74, 6) is -0.127. The van der Waals surface area contributed by atoms with Crippen molar-refractivity contribution in [2.75, 3.05) is 12.4 Å². The number of carbonyl (C=O) groups excluding carboxylic acids is 2. The van der Waals surface area contributed by atoms with Gasteiger partial charge in [-0.2, -0.15) is 0 Å². The van der Waals surface area contributed by atoms with Gasteiger partial charge in [0.2, 0.25) is 5.91 Å². The highest BCUT2D eigenvalue weighted by Crippen LogP contribution is 2.18. The number of aliphatic hydroxyl groups excluding tert-OH is 1. The monoisotopic (exact) mass is 232 g/mol. The molecule has 6 heteroatoms. The SMILES string of the molecule is CC(CO)SCC(=O)NC(=O)NC1CC1. The Labute approximate surface area is 93.0 Å². The number of rotatable bonds is 5. The van der Waals surface area contributed by atoms with Crippen LogP contribution in [-0.4, -0.2) is 40.7 Å². The van der Waals surface area contributed by atoms with E-state index in [-0.39, 0.29) is 29.6 Å². The molecule has 5 nitrogen and oxygen atoms in total. The highest BCUT2D eigenvalue weighted by Gasteiger charge is 2.23. The summed E-state index contributed by atoms with van der Waals surface area (Å²) in [6, 6.07) is -0.165. The van der Waals surface area contributed by atoms with Gasteiger partial charge in [0.1, 0.15) is 0 Å². The van der Waals surface area contributed by atoms with Crippen LogP contribution in [0.25, 0.3) is 0 Å². The first-order valence-electron chi connectivity index (χ1n) is 4.94. The molecule has 0 aromatic carbocycles. The maximum atomic E-state index is 11.2. The molecule has 1 unspecified atom stereocenters. The number of thioether (sulfide) groups is 1. The zero-order valence-electron chi connectivity index (χ0n) is 8.66. The number of imide groups is 1. The molecule has 1 saturated carbocycles. The van der Waals surface area contributed by atoms with Crippen LogP contribution in [-0.2, 0) is 4.79 Å². The van der Waals surface area contributed by atoms with Crippen molar-refractivity contribution >= 4 is 23.7 Å². The van der Waals surface area contributed by atoms with Crippen LogP contribution in [0.15, 0.2) is 0 Å². The smallest absolute Gasteiger partial charge is 0.321 e. The maximum absolute atomic E-state index is 11.2. The molecule has 1 fully saturated rings. The highest BCUT2D eigenvalue weighted by atomic mass is 32.2. The highest BCUT2D eigenvalue weighted by molar-refractivity contribution is 8.00. The molecule has 3 N–H and O–H groups in total. The Bertz CT molecular complexity index is 244. The molecular formula is C9H16N2O3S. The lowest BCUT2D eigenvalue weighted by molar-refractivity contribution is -0.117. The fourth-order valence-electron chi connectivity index (χ4n) is 0.883. The van der Waals surface area contributed by atoms with Crippen LogP contribution in [0.4, 0.5) is 4.79 Å². The van der Waals surface area contributed by atoms with Gasteiger partial charge in [0, 0.05) is 11.3 Å². The lowest BCUT2D eigenvalue weighted by atomic mass is 10.5. The maximum Gasteiger partial charge on any atom is 0.321 e. The normalized spacial score (nSPS) is 16.9. The zero-order valence-corrected chi connectivity index (χ0v) is 9.47. The third kappa shape index (κ3) is 5.64. The minimum absolute atomic E-state index is 0.0160. The molecule has 86 valence electrons. The summed E-state index contributed by atoms with van der Waals surface area (Å²) in [7, 11) is 0. The summed E-state index contributed by atoms with van der Waals surface area (Å²) in [6.07, 6.45) is 2.00. The summed E-state index contributed by atoms with van der Waals surface area (Å²) in [4.78, 5) is 22.3. The first-order valence-corrected chi connectivity index (χ1v) is 5.99. The number of nitrogens with one attached hydrogen (secondary N) is 2. The average Bonchev–Trinajstić information content (AvgIpc) is 2.97. The molecule has 15 heavy (non-hydrogen) atoms. The summed E-state index contributed by atoms with van der Waals surface area (Å²) in [6.45, 7) is 1.86. The number of carbonyl (C=O) groups is 2. The van der Waals surface area contributed by atoms with Crippen LogP contribution in [0.3, 0.4) is 0 Å². The molecule has 0 heterocycles. The van der Waals surface area contributed by atoms with Crippen molar-refractivity contribution in [1.29, 1.82) is 0 Å². The van der Waals surface area contributed by atoms with Crippen LogP contribution >= 0.6 is 11.8 Å². The number of urea groups is 1. The van der Waals surface area contributed by atoms with Gasteiger partial charge in [0.25, 0.3) is 0 Å². The Morgan fingerprint density at radius 3 is 2.73 bits per heavy atom. The van der Waals surface area contributed by atoms with E-state index in [1.54, 1.807) is 0 Å². The molecule has 0 spiro atoms. The number of hydrogen-bond donors (Lipinski definition) is 3. The van der Waals surface area contributed by atoms with Crippen molar-refractivity contribution in [2.24, 2.45) is 0 Å². The standard InChI is InChI=1S/C9H16N2O3S/c1-6(4-12)15-5-8(13)11-9(14)10-7-2-3-7/h6-7,12H,2-5H2,1H3,(H2,10,11,13,14). The molecule has 3 amide bonds. The molecule has 0 aliphatic heterocycles. The fourth-order valence-corrected chi connectivity index (χ4v) is 1.50. The van der Waals surface area contributed by atoms with Crippen LogP contribution in [0.1, 0.15) is 19.8 Å². The van der Waals surface area contributed by atoms with Crippen LogP contribution in [0.2, 0.25) is 0 Å². The molecule has 1 atom stereocenters. The summed E-state index contributed by atoms with van der Waals surface area (Å²) in [5.41, 5.74) is 0. The van der Waals surface area contributed by atoms with Crippen molar-refractivity contribution in [3.8, 4) is 0 Å². The minimum atomic E-state index is -0.417. The summed E-state index contributed by atoms with van der Waals surface area (Å²) < 4.78 is 0. The van der Waals surface area contributed by atoms with Gasteiger partial charge in [-0.05, 0) is 12.8 Å². The van der Waals surface area contributed by atoms with E-state index >= 15 is 0 Å². The van der Waals surface area contributed by atoms with E-state index < -0.39 is 6.03 Å². The predicted octanol–water partition coefficient (Wildman–Crippen LogP) is 0.0886. The minimum Gasteiger partial charge on any atom is -0.395 e. The third-order valence-corrected chi connectivity index (χ3v) is 3.07. The van der Waals surface area contributed by atoms with Crippen LogP contribution in [0.5, 0.6) is 0 Å². The van der Waals surface area contributed by atoms with Gasteiger partial charge in [-0.3, -0.25) is 10.1 Å². The number of amides is 3. The third-order valence-electron chi connectivity index (χ3n) is 1.92. The second-order valence-corrected chi connectivity index (χ2v) is 5.03. The molecule has 0 bridgehead atoms. The van der Waals surface area contributed by atoms with Crippen LogP contribution < -0.4 is 10.6 Å². The fraction of sp³-hybridized carbons (Fsp3) is 0.778. The number of hydrogen-bond acceptors (Lipinski definition) is 4. The van der Waals surface area contributed by atoms with E-state index in [1.165, 1.54) is 11.8 Å². The lowest BCUT2D eigenvalue weighted by Gasteiger charge is -2.08. The molecule has 0 saturated heterocycles. The first-order chi connectivity index (χ1) is 7.11.